The third kappa shape index (κ3) is 3.53. The number of rotatable bonds is 4. The maximum atomic E-state index is 12.3. The van der Waals surface area contributed by atoms with Crippen LogP contribution in [0.2, 0.25) is 0 Å². The molecule has 1 saturated heterocycles. The molecular formula is C11H19N3O3S2. The van der Waals surface area contributed by atoms with Gasteiger partial charge in [-0.25, -0.2) is 13.4 Å². The zero-order valence-corrected chi connectivity index (χ0v) is 12.7. The number of aryl methyl sites for hydroxylation is 1. The normalized spacial score (nSPS) is 18.9. The van der Waals surface area contributed by atoms with Crippen molar-refractivity contribution >= 4 is 21.4 Å². The predicted molar refractivity (Wildman–Crippen MR) is 74.4 cm³/mol. The molecule has 0 unspecified atom stereocenters. The topological polar surface area (TPSA) is 72.9 Å². The molecule has 2 N–H and O–H groups in total. The maximum absolute atomic E-state index is 12.3. The van der Waals surface area contributed by atoms with E-state index in [1.54, 1.807) is 18.0 Å². The molecular weight excluding hydrogens is 286 g/mol. The molecule has 8 heteroatoms. The fourth-order valence-corrected chi connectivity index (χ4v) is 4.61. The summed E-state index contributed by atoms with van der Waals surface area (Å²) >= 11 is 1.31. The van der Waals surface area contributed by atoms with Gasteiger partial charge < -0.3 is 10.0 Å². The third-order valence-electron chi connectivity index (χ3n) is 3.12. The van der Waals surface area contributed by atoms with E-state index in [0.29, 0.717) is 22.8 Å². The van der Waals surface area contributed by atoms with Gasteiger partial charge in [0, 0.05) is 35.9 Å². The second-order valence-corrected chi connectivity index (χ2v) is 7.65. The minimum absolute atomic E-state index is 0.129. The van der Waals surface area contributed by atoms with Gasteiger partial charge in [0.25, 0.3) is 10.0 Å². The molecule has 2 heterocycles. The highest BCUT2D eigenvalue weighted by molar-refractivity contribution is 7.89. The SMILES string of the molecule is Cc1sc(CO)cc1S(=O)(=O)NN1CCN(C)CC1. The van der Waals surface area contributed by atoms with Crippen LogP contribution in [0, 0.1) is 6.92 Å². The molecule has 0 bridgehead atoms. The van der Waals surface area contributed by atoms with Crippen LogP contribution in [0.15, 0.2) is 11.0 Å². The van der Waals surface area contributed by atoms with Crippen LogP contribution in [-0.4, -0.2) is 56.7 Å². The number of sulfonamides is 1. The van der Waals surface area contributed by atoms with E-state index < -0.39 is 10.0 Å². The second-order valence-electron chi connectivity index (χ2n) is 4.68. The van der Waals surface area contributed by atoms with Crippen molar-refractivity contribution < 1.29 is 13.5 Å². The molecule has 1 fully saturated rings. The molecule has 1 aromatic rings. The van der Waals surface area contributed by atoms with Gasteiger partial charge in [0.1, 0.15) is 0 Å². The van der Waals surface area contributed by atoms with Crippen molar-refractivity contribution in [2.45, 2.75) is 18.4 Å². The summed E-state index contributed by atoms with van der Waals surface area (Å²) in [4.78, 5) is 6.40. The Morgan fingerprint density at radius 1 is 1.37 bits per heavy atom. The molecule has 1 aromatic heterocycles. The molecule has 6 nitrogen and oxygen atoms in total. The summed E-state index contributed by atoms with van der Waals surface area (Å²) in [6.45, 7) is 4.65. The van der Waals surface area contributed by atoms with Crippen LogP contribution in [0.1, 0.15) is 9.75 Å². The Morgan fingerprint density at radius 3 is 2.53 bits per heavy atom. The molecule has 1 aliphatic rings. The van der Waals surface area contributed by atoms with E-state index in [9.17, 15) is 8.42 Å². The van der Waals surface area contributed by atoms with Crippen LogP contribution in [0.3, 0.4) is 0 Å². The van der Waals surface area contributed by atoms with Gasteiger partial charge in [-0.3, -0.25) is 0 Å². The molecule has 0 saturated carbocycles. The highest BCUT2D eigenvalue weighted by Crippen LogP contribution is 2.25. The highest BCUT2D eigenvalue weighted by atomic mass is 32.2. The number of aliphatic hydroxyl groups is 1. The largest absolute Gasteiger partial charge is 0.391 e. The van der Waals surface area contributed by atoms with E-state index in [4.69, 9.17) is 5.11 Å². The lowest BCUT2D eigenvalue weighted by Gasteiger charge is -2.32. The molecule has 0 spiro atoms. The number of hydrazine groups is 1. The fourth-order valence-electron chi connectivity index (χ4n) is 1.99. The van der Waals surface area contributed by atoms with E-state index >= 15 is 0 Å². The van der Waals surface area contributed by atoms with Gasteiger partial charge in [-0.1, -0.05) is 0 Å². The number of hydrogen-bond acceptors (Lipinski definition) is 6. The molecule has 0 amide bonds. The second kappa shape index (κ2) is 5.86. The van der Waals surface area contributed by atoms with Gasteiger partial charge in [0.05, 0.1) is 11.5 Å². The Balaban J connectivity index is 2.11. The minimum atomic E-state index is -3.54. The summed E-state index contributed by atoms with van der Waals surface area (Å²) in [5.41, 5.74) is 0. The number of piperazine rings is 1. The van der Waals surface area contributed by atoms with Gasteiger partial charge in [-0.2, -0.15) is 0 Å². The first-order chi connectivity index (χ1) is 8.92. The first-order valence-corrected chi connectivity index (χ1v) is 8.38. The fraction of sp³-hybridized carbons (Fsp3) is 0.636. The maximum Gasteiger partial charge on any atom is 0.254 e. The van der Waals surface area contributed by atoms with E-state index in [1.807, 2.05) is 7.05 Å². The van der Waals surface area contributed by atoms with Crippen LogP contribution >= 0.6 is 11.3 Å². The summed E-state index contributed by atoms with van der Waals surface area (Å²) in [5, 5.41) is 10.8. The average molecular weight is 305 g/mol. The van der Waals surface area contributed by atoms with Gasteiger partial charge in [0.15, 0.2) is 0 Å². The zero-order chi connectivity index (χ0) is 14.0. The minimum Gasteiger partial charge on any atom is -0.391 e. The molecule has 0 radical (unpaired) electrons. The quantitative estimate of drug-likeness (QED) is 0.818. The smallest absolute Gasteiger partial charge is 0.254 e. The summed E-state index contributed by atoms with van der Waals surface area (Å²) < 4.78 is 24.6. The Kier molecular flexibility index (Phi) is 4.59. The molecule has 108 valence electrons. The van der Waals surface area contributed by atoms with Crippen LogP contribution in [0.25, 0.3) is 0 Å². The zero-order valence-electron chi connectivity index (χ0n) is 11.1. The lowest BCUT2D eigenvalue weighted by Crippen LogP contribution is -2.52. The number of nitrogens with zero attached hydrogens (tertiary/aromatic N) is 2. The monoisotopic (exact) mass is 305 g/mol. The van der Waals surface area contributed by atoms with Crippen molar-refractivity contribution in [1.82, 2.24) is 14.7 Å². The first kappa shape index (κ1) is 14.9. The van der Waals surface area contributed by atoms with Crippen molar-refractivity contribution in [2.75, 3.05) is 33.2 Å². The number of nitrogens with one attached hydrogen (secondary N) is 1. The van der Waals surface area contributed by atoms with Gasteiger partial charge >= 0.3 is 0 Å². The van der Waals surface area contributed by atoms with Crippen LogP contribution < -0.4 is 4.83 Å². The van der Waals surface area contributed by atoms with Crippen LogP contribution in [-0.2, 0) is 16.6 Å². The van der Waals surface area contributed by atoms with Crippen molar-refractivity contribution in [3.05, 3.63) is 15.8 Å². The molecule has 0 aliphatic carbocycles. The van der Waals surface area contributed by atoms with E-state index in [-0.39, 0.29) is 11.5 Å². The van der Waals surface area contributed by atoms with Gasteiger partial charge in [-0.05, 0) is 20.0 Å². The van der Waals surface area contributed by atoms with Crippen LogP contribution in [0.4, 0.5) is 0 Å². The molecule has 1 aliphatic heterocycles. The highest BCUT2D eigenvalue weighted by Gasteiger charge is 2.24. The number of aliphatic hydroxyl groups excluding tert-OH is 1. The van der Waals surface area contributed by atoms with Crippen molar-refractivity contribution in [3.8, 4) is 0 Å². The van der Waals surface area contributed by atoms with Gasteiger partial charge in [0.2, 0.25) is 0 Å². The van der Waals surface area contributed by atoms with Crippen LogP contribution in [0.5, 0.6) is 0 Å². The van der Waals surface area contributed by atoms with E-state index in [1.165, 1.54) is 11.3 Å². The van der Waals surface area contributed by atoms with Crippen molar-refractivity contribution in [3.63, 3.8) is 0 Å². The van der Waals surface area contributed by atoms with E-state index in [0.717, 1.165) is 13.1 Å². The number of thiophene rings is 1. The number of likely N-dealkylation sites (N-methyl/N-ethyl adjacent to an activating group) is 1. The number of hydrogen-bond donors (Lipinski definition) is 2. The summed E-state index contributed by atoms with van der Waals surface area (Å²) in [5.74, 6) is 0. The third-order valence-corrected chi connectivity index (χ3v) is 5.79. The summed E-state index contributed by atoms with van der Waals surface area (Å²) in [6.07, 6.45) is 0. The lowest BCUT2D eigenvalue weighted by molar-refractivity contribution is 0.135. The molecule has 2 rings (SSSR count). The lowest BCUT2D eigenvalue weighted by atomic mass is 10.4. The Bertz CT molecular complexity index is 533. The Hall–Kier alpha value is -0.510. The van der Waals surface area contributed by atoms with Crippen molar-refractivity contribution in [2.24, 2.45) is 0 Å². The summed E-state index contributed by atoms with van der Waals surface area (Å²) in [7, 11) is -1.52. The molecule has 0 atom stereocenters. The molecule has 19 heavy (non-hydrogen) atoms. The first-order valence-electron chi connectivity index (χ1n) is 6.08. The molecule has 0 aromatic carbocycles. The standard InChI is InChI=1S/C11H19N3O3S2/c1-9-11(7-10(8-15)18-9)19(16,17)12-14-5-3-13(2)4-6-14/h7,12,15H,3-6,8H2,1-2H3. The van der Waals surface area contributed by atoms with Gasteiger partial charge in [-0.15, -0.1) is 16.2 Å². The predicted octanol–water partition coefficient (Wildman–Crippen LogP) is -0.0105. The summed E-state index contributed by atoms with van der Waals surface area (Å²) in [6, 6.07) is 1.54. The Morgan fingerprint density at radius 2 is 2.00 bits per heavy atom. The van der Waals surface area contributed by atoms with Crippen molar-refractivity contribution in [1.29, 1.82) is 0 Å². The Labute approximate surface area is 117 Å². The average Bonchev–Trinajstić information content (AvgIpc) is 2.74. The van der Waals surface area contributed by atoms with E-state index in [2.05, 4.69) is 9.73 Å².